The van der Waals surface area contributed by atoms with Gasteiger partial charge in [-0.1, -0.05) is 0 Å². The molecule has 1 rings (SSSR count). The second-order valence-electron chi connectivity index (χ2n) is 3.63. The summed E-state index contributed by atoms with van der Waals surface area (Å²) < 4.78 is 1.13. The maximum absolute atomic E-state index is 9.43. The zero-order chi connectivity index (χ0) is 10.7. The van der Waals surface area contributed by atoms with Crippen LogP contribution in [0.3, 0.4) is 0 Å². The highest BCUT2D eigenvalue weighted by atomic mass is 79.9. The second-order valence-corrected chi connectivity index (χ2v) is 5.54. The number of thiophene rings is 1. The molecule has 0 saturated heterocycles. The average Bonchev–Trinajstić information content (AvgIpc) is 2.49. The van der Waals surface area contributed by atoms with E-state index < -0.39 is 0 Å². The van der Waals surface area contributed by atoms with Crippen LogP contribution >= 0.6 is 27.3 Å². The summed E-state index contributed by atoms with van der Waals surface area (Å²) >= 11 is 5.17. The molecule has 80 valence electrons. The molecule has 0 aliphatic rings. The highest BCUT2D eigenvalue weighted by Gasteiger charge is 2.14. The number of likely N-dealkylation sites (N-methyl/N-ethyl adjacent to an activating group) is 1. The van der Waals surface area contributed by atoms with Crippen molar-refractivity contribution in [3.8, 4) is 0 Å². The lowest BCUT2D eigenvalue weighted by Crippen LogP contribution is -2.36. The summed E-state index contributed by atoms with van der Waals surface area (Å²) in [7, 11) is 2.03. The summed E-state index contributed by atoms with van der Waals surface area (Å²) in [5.74, 6) is 0. The van der Waals surface area contributed by atoms with Crippen LogP contribution in [0.4, 0.5) is 0 Å². The molecule has 1 N–H and O–H groups in total. The zero-order valence-corrected chi connectivity index (χ0v) is 11.1. The summed E-state index contributed by atoms with van der Waals surface area (Å²) in [6.07, 6.45) is -0.289. The van der Waals surface area contributed by atoms with E-state index in [0.717, 1.165) is 11.0 Å². The van der Waals surface area contributed by atoms with E-state index >= 15 is 0 Å². The van der Waals surface area contributed by atoms with Gasteiger partial charge in [-0.3, -0.25) is 4.90 Å². The lowest BCUT2D eigenvalue weighted by Gasteiger charge is -2.26. The molecule has 0 bridgehead atoms. The molecule has 1 heterocycles. The summed E-state index contributed by atoms with van der Waals surface area (Å²) in [6, 6.07) is 2.31. The fraction of sp³-hybridized carbons (Fsp3) is 0.600. The molecule has 0 fully saturated rings. The minimum Gasteiger partial charge on any atom is -0.392 e. The molecule has 2 atom stereocenters. The van der Waals surface area contributed by atoms with Gasteiger partial charge in [-0.25, -0.2) is 0 Å². The SMILES string of the molecule is CC(O)C(C)N(C)Cc1cc(Br)cs1. The fourth-order valence-electron chi connectivity index (χ4n) is 1.19. The van der Waals surface area contributed by atoms with Crippen molar-refractivity contribution >= 4 is 27.3 Å². The topological polar surface area (TPSA) is 23.5 Å². The molecule has 1 aromatic rings. The van der Waals surface area contributed by atoms with Crippen LogP contribution < -0.4 is 0 Å². The van der Waals surface area contributed by atoms with Gasteiger partial charge in [0.25, 0.3) is 0 Å². The maximum atomic E-state index is 9.43. The normalized spacial score (nSPS) is 15.9. The summed E-state index contributed by atoms with van der Waals surface area (Å²) in [5, 5.41) is 11.5. The van der Waals surface area contributed by atoms with E-state index in [0.29, 0.717) is 0 Å². The minimum absolute atomic E-state index is 0.191. The van der Waals surface area contributed by atoms with Gasteiger partial charge in [0.05, 0.1) is 6.10 Å². The van der Waals surface area contributed by atoms with E-state index in [-0.39, 0.29) is 12.1 Å². The van der Waals surface area contributed by atoms with Crippen molar-refractivity contribution in [3.05, 3.63) is 20.8 Å². The van der Waals surface area contributed by atoms with Gasteiger partial charge in [0.2, 0.25) is 0 Å². The fourth-order valence-corrected chi connectivity index (χ4v) is 2.71. The van der Waals surface area contributed by atoms with Crippen LogP contribution in [0.15, 0.2) is 15.9 Å². The van der Waals surface area contributed by atoms with Crippen LogP contribution in [-0.4, -0.2) is 29.2 Å². The van der Waals surface area contributed by atoms with E-state index in [2.05, 4.69) is 32.3 Å². The number of aliphatic hydroxyl groups excluding tert-OH is 1. The number of rotatable bonds is 4. The van der Waals surface area contributed by atoms with E-state index in [1.54, 1.807) is 11.3 Å². The molecule has 0 aromatic carbocycles. The van der Waals surface area contributed by atoms with E-state index in [9.17, 15) is 5.11 Å². The van der Waals surface area contributed by atoms with Crippen molar-refractivity contribution in [1.82, 2.24) is 4.90 Å². The third kappa shape index (κ3) is 3.35. The molecule has 4 heteroatoms. The summed E-state index contributed by atoms with van der Waals surface area (Å²) in [5.41, 5.74) is 0. The zero-order valence-electron chi connectivity index (χ0n) is 8.70. The number of hydrogen-bond donors (Lipinski definition) is 1. The standard InChI is InChI=1S/C10H16BrNOS/c1-7(8(2)13)12(3)5-10-4-9(11)6-14-10/h4,6-8,13H,5H2,1-3H3. The summed E-state index contributed by atoms with van der Waals surface area (Å²) in [6.45, 7) is 4.75. The molecular weight excluding hydrogens is 262 g/mol. The van der Waals surface area contributed by atoms with Crippen molar-refractivity contribution in [1.29, 1.82) is 0 Å². The third-order valence-electron chi connectivity index (χ3n) is 2.42. The van der Waals surface area contributed by atoms with Gasteiger partial charge in [-0.2, -0.15) is 0 Å². The first-order valence-electron chi connectivity index (χ1n) is 4.62. The smallest absolute Gasteiger partial charge is 0.0664 e. The quantitative estimate of drug-likeness (QED) is 0.915. The molecule has 0 aliphatic carbocycles. The molecule has 0 amide bonds. The van der Waals surface area contributed by atoms with Gasteiger partial charge in [0.1, 0.15) is 0 Å². The van der Waals surface area contributed by atoms with Crippen LogP contribution in [0, 0.1) is 0 Å². The lowest BCUT2D eigenvalue weighted by atomic mass is 10.2. The molecule has 0 aliphatic heterocycles. The van der Waals surface area contributed by atoms with Crippen LogP contribution in [0.1, 0.15) is 18.7 Å². The molecule has 1 aromatic heterocycles. The Hall–Kier alpha value is 0.1000. The van der Waals surface area contributed by atoms with Gasteiger partial charge in [0, 0.05) is 27.3 Å². The number of nitrogens with zero attached hydrogens (tertiary/aromatic N) is 1. The highest BCUT2D eigenvalue weighted by molar-refractivity contribution is 9.10. The van der Waals surface area contributed by atoms with Gasteiger partial charge >= 0.3 is 0 Å². The van der Waals surface area contributed by atoms with Crippen molar-refractivity contribution < 1.29 is 5.11 Å². The number of hydrogen-bond acceptors (Lipinski definition) is 3. The van der Waals surface area contributed by atoms with E-state index in [1.165, 1.54) is 4.88 Å². The minimum atomic E-state index is -0.289. The van der Waals surface area contributed by atoms with Crippen molar-refractivity contribution in [2.45, 2.75) is 32.5 Å². The van der Waals surface area contributed by atoms with Crippen LogP contribution in [0.2, 0.25) is 0 Å². The molecular formula is C10H16BrNOS. The second kappa shape index (κ2) is 5.26. The molecule has 2 unspecified atom stereocenters. The average molecular weight is 278 g/mol. The van der Waals surface area contributed by atoms with Gasteiger partial charge in [-0.15, -0.1) is 11.3 Å². The first kappa shape index (κ1) is 12.2. The Bertz CT molecular complexity index is 287. The van der Waals surface area contributed by atoms with Crippen molar-refractivity contribution in [3.63, 3.8) is 0 Å². The van der Waals surface area contributed by atoms with Crippen LogP contribution in [0.5, 0.6) is 0 Å². The van der Waals surface area contributed by atoms with Gasteiger partial charge in [0.15, 0.2) is 0 Å². The van der Waals surface area contributed by atoms with Gasteiger partial charge < -0.3 is 5.11 Å². The van der Waals surface area contributed by atoms with Crippen LogP contribution in [-0.2, 0) is 6.54 Å². The number of aliphatic hydroxyl groups is 1. The molecule has 2 nitrogen and oxygen atoms in total. The van der Waals surface area contributed by atoms with Crippen molar-refractivity contribution in [2.75, 3.05) is 7.05 Å². The first-order chi connectivity index (χ1) is 6.50. The third-order valence-corrected chi connectivity index (χ3v) is 4.10. The Kier molecular flexibility index (Phi) is 4.57. The predicted molar refractivity (Wildman–Crippen MR) is 64.6 cm³/mol. The maximum Gasteiger partial charge on any atom is 0.0664 e. The highest BCUT2D eigenvalue weighted by Crippen LogP contribution is 2.21. The largest absolute Gasteiger partial charge is 0.392 e. The first-order valence-corrected chi connectivity index (χ1v) is 6.29. The Labute approximate surface area is 97.7 Å². The van der Waals surface area contributed by atoms with Gasteiger partial charge in [-0.05, 0) is 42.9 Å². The van der Waals surface area contributed by atoms with Crippen molar-refractivity contribution in [2.24, 2.45) is 0 Å². The number of halogens is 1. The Morgan fingerprint density at radius 1 is 1.57 bits per heavy atom. The lowest BCUT2D eigenvalue weighted by molar-refractivity contribution is 0.0833. The molecule has 0 spiro atoms. The Morgan fingerprint density at radius 3 is 2.64 bits per heavy atom. The van der Waals surface area contributed by atoms with E-state index in [4.69, 9.17) is 0 Å². The van der Waals surface area contributed by atoms with Crippen LogP contribution in [0.25, 0.3) is 0 Å². The Balaban J connectivity index is 2.52. The molecule has 14 heavy (non-hydrogen) atoms. The predicted octanol–water partition coefficient (Wildman–Crippen LogP) is 2.71. The Morgan fingerprint density at radius 2 is 2.21 bits per heavy atom. The van der Waals surface area contributed by atoms with E-state index in [1.807, 2.05) is 20.9 Å². The molecule has 0 radical (unpaired) electrons. The monoisotopic (exact) mass is 277 g/mol. The molecule has 0 saturated carbocycles. The summed E-state index contributed by atoms with van der Waals surface area (Å²) in [4.78, 5) is 3.47.